The Labute approximate surface area is 157 Å². The quantitative estimate of drug-likeness (QED) is 0.701. The van der Waals surface area contributed by atoms with Gasteiger partial charge in [0.15, 0.2) is 5.78 Å². The molecule has 2 nitrogen and oxygen atoms in total. The lowest BCUT2D eigenvalue weighted by atomic mass is 9.71. The van der Waals surface area contributed by atoms with Crippen LogP contribution in [0, 0.1) is 5.41 Å². The molecule has 2 aromatic carbocycles. The standard InChI is InChI=1S/C23H20O2S/c1-22(2)21(24)19(16-10-5-3-6-11-16)20(17-12-7-4-8-13-17)23(22,25)18-14-9-15-26-18/h3-15,25H,1-2H3. The van der Waals surface area contributed by atoms with Gasteiger partial charge in [0.1, 0.15) is 5.60 Å². The Morgan fingerprint density at radius 1 is 0.808 bits per heavy atom. The van der Waals surface area contributed by atoms with Crippen LogP contribution in [0.1, 0.15) is 29.9 Å². The van der Waals surface area contributed by atoms with Crippen LogP contribution in [0.15, 0.2) is 78.2 Å². The van der Waals surface area contributed by atoms with E-state index in [1.54, 1.807) is 0 Å². The van der Waals surface area contributed by atoms with Gasteiger partial charge in [0.2, 0.25) is 0 Å². The van der Waals surface area contributed by atoms with Gasteiger partial charge < -0.3 is 5.11 Å². The van der Waals surface area contributed by atoms with Crippen LogP contribution >= 0.6 is 11.3 Å². The number of thiophene rings is 1. The Balaban J connectivity index is 2.11. The molecule has 3 aromatic rings. The Bertz CT molecular complexity index is 970. The fourth-order valence-corrected chi connectivity index (χ4v) is 4.83. The summed E-state index contributed by atoms with van der Waals surface area (Å²) in [4.78, 5) is 14.3. The third-order valence-electron chi connectivity index (χ3n) is 5.31. The SMILES string of the molecule is CC1(C)C(=O)C(c2ccccc2)=C(c2ccccc2)C1(O)c1cccs1. The number of hydrogen-bond donors (Lipinski definition) is 1. The zero-order chi connectivity index (χ0) is 18.4. The molecule has 0 bridgehead atoms. The molecule has 1 unspecified atom stereocenters. The van der Waals surface area contributed by atoms with Gasteiger partial charge in [0.05, 0.1) is 5.41 Å². The third kappa shape index (κ3) is 2.24. The molecule has 0 amide bonds. The molecule has 4 rings (SSSR count). The van der Waals surface area contributed by atoms with E-state index in [-0.39, 0.29) is 5.78 Å². The zero-order valence-corrected chi connectivity index (χ0v) is 15.6. The molecule has 1 aromatic heterocycles. The van der Waals surface area contributed by atoms with Crippen molar-refractivity contribution in [2.24, 2.45) is 5.41 Å². The maximum Gasteiger partial charge on any atom is 0.173 e. The highest BCUT2D eigenvalue weighted by Crippen LogP contribution is 2.59. The molecule has 3 heteroatoms. The first-order valence-electron chi connectivity index (χ1n) is 8.64. The zero-order valence-electron chi connectivity index (χ0n) is 14.8. The molecule has 0 saturated heterocycles. The van der Waals surface area contributed by atoms with Crippen molar-refractivity contribution in [1.82, 2.24) is 0 Å². The van der Waals surface area contributed by atoms with Crippen molar-refractivity contribution in [3.63, 3.8) is 0 Å². The first kappa shape index (κ1) is 17.0. The Kier molecular flexibility index (Phi) is 3.94. The highest BCUT2D eigenvalue weighted by Gasteiger charge is 2.60. The average molecular weight is 360 g/mol. The van der Waals surface area contributed by atoms with Crippen molar-refractivity contribution >= 4 is 28.3 Å². The van der Waals surface area contributed by atoms with Crippen LogP contribution in [-0.2, 0) is 10.4 Å². The van der Waals surface area contributed by atoms with Gasteiger partial charge in [-0.1, -0.05) is 66.7 Å². The Morgan fingerprint density at radius 3 is 1.92 bits per heavy atom. The van der Waals surface area contributed by atoms with E-state index in [2.05, 4.69) is 0 Å². The van der Waals surface area contributed by atoms with E-state index < -0.39 is 11.0 Å². The van der Waals surface area contributed by atoms with Crippen molar-refractivity contribution in [2.75, 3.05) is 0 Å². The molecule has 1 N–H and O–H groups in total. The molecular weight excluding hydrogens is 340 g/mol. The summed E-state index contributed by atoms with van der Waals surface area (Å²) in [6, 6.07) is 23.2. The van der Waals surface area contributed by atoms with Crippen molar-refractivity contribution in [1.29, 1.82) is 0 Å². The average Bonchev–Trinajstić information content (AvgIpc) is 3.25. The minimum atomic E-state index is -1.37. The predicted molar refractivity (Wildman–Crippen MR) is 107 cm³/mol. The van der Waals surface area contributed by atoms with Gasteiger partial charge >= 0.3 is 0 Å². The molecule has 26 heavy (non-hydrogen) atoms. The van der Waals surface area contributed by atoms with Crippen molar-refractivity contribution in [3.8, 4) is 0 Å². The smallest absolute Gasteiger partial charge is 0.173 e. The van der Waals surface area contributed by atoms with E-state index in [9.17, 15) is 9.90 Å². The number of ketones is 1. The number of allylic oxidation sites excluding steroid dienone is 1. The predicted octanol–water partition coefficient (Wildman–Crippen LogP) is 5.16. The largest absolute Gasteiger partial charge is 0.378 e. The highest BCUT2D eigenvalue weighted by molar-refractivity contribution is 7.10. The molecule has 0 radical (unpaired) electrons. The van der Waals surface area contributed by atoms with Crippen LogP contribution in [0.5, 0.6) is 0 Å². The van der Waals surface area contributed by atoms with Gasteiger partial charge in [0, 0.05) is 16.0 Å². The summed E-state index contributed by atoms with van der Waals surface area (Å²) in [6.45, 7) is 3.68. The maximum absolute atomic E-state index is 13.5. The van der Waals surface area contributed by atoms with Gasteiger partial charge in [-0.25, -0.2) is 0 Å². The van der Waals surface area contributed by atoms with Crippen molar-refractivity contribution in [3.05, 3.63) is 94.2 Å². The summed E-state index contributed by atoms with van der Waals surface area (Å²) in [5, 5.41) is 14.0. The number of carbonyl (C=O) groups excluding carboxylic acids is 1. The van der Waals surface area contributed by atoms with Crippen LogP contribution in [0.3, 0.4) is 0 Å². The lowest BCUT2D eigenvalue weighted by Crippen LogP contribution is -2.42. The first-order chi connectivity index (χ1) is 12.5. The monoisotopic (exact) mass is 360 g/mol. The number of carbonyl (C=O) groups is 1. The summed E-state index contributed by atoms with van der Waals surface area (Å²) >= 11 is 1.48. The van der Waals surface area contributed by atoms with Gasteiger partial charge in [-0.05, 0) is 36.4 Å². The number of Topliss-reactive ketones (excluding diaryl/α,β-unsaturated/α-hetero) is 1. The molecule has 0 aliphatic heterocycles. The summed E-state index contributed by atoms with van der Waals surface area (Å²) in [5.41, 5.74) is 0.691. The number of benzene rings is 2. The minimum absolute atomic E-state index is 0.0292. The molecule has 0 saturated carbocycles. The second-order valence-electron chi connectivity index (χ2n) is 7.12. The second-order valence-corrected chi connectivity index (χ2v) is 8.07. The molecule has 130 valence electrons. The van der Waals surface area contributed by atoms with Gasteiger partial charge in [0.25, 0.3) is 0 Å². The number of hydrogen-bond acceptors (Lipinski definition) is 3. The van der Waals surface area contributed by atoms with Crippen LogP contribution in [0.2, 0.25) is 0 Å². The molecule has 1 aliphatic rings. The number of aliphatic hydroxyl groups is 1. The van der Waals surface area contributed by atoms with Crippen molar-refractivity contribution in [2.45, 2.75) is 19.4 Å². The molecule has 0 spiro atoms. The van der Waals surface area contributed by atoms with E-state index in [4.69, 9.17) is 0 Å². The van der Waals surface area contributed by atoms with Crippen molar-refractivity contribution < 1.29 is 9.90 Å². The highest BCUT2D eigenvalue weighted by atomic mass is 32.1. The third-order valence-corrected chi connectivity index (χ3v) is 6.29. The normalized spacial score (nSPS) is 22.0. The van der Waals surface area contributed by atoms with E-state index in [1.165, 1.54) is 11.3 Å². The van der Waals surface area contributed by atoms with E-state index in [0.717, 1.165) is 16.0 Å². The topological polar surface area (TPSA) is 37.3 Å². The summed E-state index contributed by atoms with van der Waals surface area (Å²) < 4.78 is 0. The summed E-state index contributed by atoms with van der Waals surface area (Å²) in [7, 11) is 0. The van der Waals surface area contributed by atoms with Crippen LogP contribution in [0.25, 0.3) is 11.1 Å². The molecule has 1 heterocycles. The fourth-order valence-electron chi connectivity index (χ4n) is 3.84. The van der Waals surface area contributed by atoms with Crippen LogP contribution in [0.4, 0.5) is 0 Å². The summed E-state index contributed by atoms with van der Waals surface area (Å²) in [5.74, 6) is -0.0292. The van der Waals surface area contributed by atoms with Gasteiger partial charge in [-0.2, -0.15) is 0 Å². The Hall–Kier alpha value is -2.49. The molecule has 0 fully saturated rings. The Morgan fingerprint density at radius 2 is 1.38 bits per heavy atom. The second kappa shape index (κ2) is 6.04. The maximum atomic E-state index is 13.5. The first-order valence-corrected chi connectivity index (χ1v) is 9.52. The lowest BCUT2D eigenvalue weighted by molar-refractivity contribution is -0.129. The molecule has 1 aliphatic carbocycles. The fraction of sp³-hybridized carbons (Fsp3) is 0.174. The van der Waals surface area contributed by atoms with Gasteiger partial charge in [-0.15, -0.1) is 11.3 Å². The van der Waals surface area contributed by atoms with E-state index in [0.29, 0.717) is 11.1 Å². The van der Waals surface area contributed by atoms with Gasteiger partial charge in [-0.3, -0.25) is 4.79 Å². The van der Waals surface area contributed by atoms with E-state index in [1.807, 2.05) is 92.0 Å². The van der Waals surface area contributed by atoms with Crippen LogP contribution in [-0.4, -0.2) is 10.9 Å². The minimum Gasteiger partial charge on any atom is -0.378 e. The van der Waals surface area contributed by atoms with E-state index >= 15 is 0 Å². The molecular formula is C23H20O2S. The van der Waals surface area contributed by atoms with Crippen LogP contribution < -0.4 is 0 Å². The number of rotatable bonds is 3. The lowest BCUT2D eigenvalue weighted by Gasteiger charge is -2.37. The summed E-state index contributed by atoms with van der Waals surface area (Å²) in [6.07, 6.45) is 0. The molecule has 1 atom stereocenters.